The first-order valence-corrected chi connectivity index (χ1v) is 4.85. The van der Waals surface area contributed by atoms with Gasteiger partial charge in [0.15, 0.2) is 0 Å². The van der Waals surface area contributed by atoms with Gasteiger partial charge in [-0.3, -0.25) is 0 Å². The van der Waals surface area contributed by atoms with E-state index in [-0.39, 0.29) is 34.7 Å². The molecule has 0 fully saturated rings. The molecule has 66 valence electrons. The minimum Gasteiger partial charge on any atom is -0.744 e. The molecule has 0 unspecified atom stereocenters. The van der Waals surface area contributed by atoms with Crippen LogP contribution >= 0.6 is 23.2 Å². The monoisotopic (exact) mass is 249 g/mol. The number of nitrogens with zero attached hydrogens (tertiary/aromatic N) is 1. The average Bonchev–Trinajstić information content (AvgIpc) is 1.83. The third kappa shape index (κ3) is 3.71. The van der Waals surface area contributed by atoms with E-state index in [0.717, 1.165) is 6.07 Å². The zero-order chi connectivity index (χ0) is 9.35. The van der Waals surface area contributed by atoms with Crippen molar-refractivity contribution in [1.29, 1.82) is 0 Å². The van der Waals surface area contributed by atoms with Crippen LogP contribution < -0.4 is 29.6 Å². The Kier molecular flexibility index (Phi) is 5.17. The summed E-state index contributed by atoms with van der Waals surface area (Å²) in [6.07, 6.45) is 0. The van der Waals surface area contributed by atoms with E-state index in [0.29, 0.717) is 0 Å². The van der Waals surface area contributed by atoms with Crippen LogP contribution in [-0.4, -0.2) is 18.0 Å². The minimum absolute atomic E-state index is 0. The molecule has 0 spiro atoms. The second kappa shape index (κ2) is 4.93. The first kappa shape index (κ1) is 13.6. The first-order chi connectivity index (χ1) is 5.41. The molecule has 0 aromatic carbocycles. The van der Waals surface area contributed by atoms with E-state index in [4.69, 9.17) is 23.2 Å². The second-order valence-electron chi connectivity index (χ2n) is 1.88. The molecule has 0 bridgehead atoms. The Labute approximate surface area is 107 Å². The van der Waals surface area contributed by atoms with Gasteiger partial charge >= 0.3 is 29.6 Å². The van der Waals surface area contributed by atoms with Gasteiger partial charge in [0.25, 0.3) is 0 Å². The molecule has 13 heavy (non-hydrogen) atoms. The number of aromatic nitrogens is 1. The van der Waals surface area contributed by atoms with Crippen molar-refractivity contribution in [3.8, 4) is 0 Å². The second-order valence-corrected chi connectivity index (χ2v) is 3.97. The number of hydrogen-bond donors (Lipinski definition) is 0. The standard InChI is InChI=1S/C5H3Cl2NO3S.Na/c6-4-2-1-3(5(7)8-4)12(9,10)11;/h1-2H,(H,9,10,11);/q;+1/p-1. The van der Waals surface area contributed by atoms with Gasteiger partial charge in [-0.15, -0.1) is 0 Å². The van der Waals surface area contributed by atoms with E-state index < -0.39 is 20.2 Å². The van der Waals surface area contributed by atoms with Gasteiger partial charge in [-0.2, -0.15) is 0 Å². The smallest absolute Gasteiger partial charge is 0.744 e. The molecule has 1 heterocycles. The maximum atomic E-state index is 10.4. The Morgan fingerprint density at radius 1 is 1.31 bits per heavy atom. The molecule has 1 rings (SSSR count). The fourth-order valence-corrected chi connectivity index (χ4v) is 1.70. The molecule has 1 aromatic rings. The predicted molar refractivity (Wildman–Crippen MR) is 42.2 cm³/mol. The van der Waals surface area contributed by atoms with Crippen LogP contribution in [0.1, 0.15) is 0 Å². The summed E-state index contributed by atoms with van der Waals surface area (Å²) in [6.45, 7) is 0. The average molecular weight is 250 g/mol. The molecule has 0 saturated heterocycles. The molecular weight excluding hydrogens is 248 g/mol. The quantitative estimate of drug-likeness (QED) is 0.338. The van der Waals surface area contributed by atoms with Crippen molar-refractivity contribution in [3.63, 3.8) is 0 Å². The fraction of sp³-hybridized carbons (Fsp3) is 0. The predicted octanol–water partition coefficient (Wildman–Crippen LogP) is -1.70. The summed E-state index contributed by atoms with van der Waals surface area (Å²) >= 11 is 10.7. The number of halogens is 2. The summed E-state index contributed by atoms with van der Waals surface area (Å²) < 4.78 is 31.3. The van der Waals surface area contributed by atoms with Gasteiger partial charge < -0.3 is 4.55 Å². The summed E-state index contributed by atoms with van der Waals surface area (Å²) in [7, 11) is -4.55. The van der Waals surface area contributed by atoms with Crippen LogP contribution in [0.3, 0.4) is 0 Å². The Morgan fingerprint density at radius 3 is 2.23 bits per heavy atom. The first-order valence-electron chi connectivity index (χ1n) is 2.69. The van der Waals surface area contributed by atoms with E-state index >= 15 is 0 Å². The molecule has 1 aromatic heterocycles. The van der Waals surface area contributed by atoms with Crippen molar-refractivity contribution in [2.75, 3.05) is 0 Å². The van der Waals surface area contributed by atoms with Crippen LogP contribution in [0.15, 0.2) is 17.0 Å². The van der Waals surface area contributed by atoms with Crippen molar-refractivity contribution < 1.29 is 42.5 Å². The van der Waals surface area contributed by atoms with E-state index in [9.17, 15) is 13.0 Å². The zero-order valence-electron chi connectivity index (χ0n) is 6.49. The summed E-state index contributed by atoms with van der Waals surface area (Å²) in [5.41, 5.74) is 0. The molecule has 8 heteroatoms. The topological polar surface area (TPSA) is 70.1 Å². The normalized spacial score (nSPS) is 10.7. The van der Waals surface area contributed by atoms with E-state index in [1.165, 1.54) is 6.07 Å². The van der Waals surface area contributed by atoms with Crippen LogP contribution in [0.2, 0.25) is 10.3 Å². The third-order valence-corrected chi connectivity index (χ3v) is 2.53. The van der Waals surface area contributed by atoms with E-state index in [2.05, 4.69) is 4.98 Å². The molecule has 0 saturated carbocycles. The summed E-state index contributed by atoms with van der Waals surface area (Å²) in [5.74, 6) is 0. The fourth-order valence-electron chi connectivity index (χ4n) is 0.586. The minimum atomic E-state index is -4.55. The van der Waals surface area contributed by atoms with Crippen LogP contribution in [-0.2, 0) is 10.1 Å². The summed E-state index contributed by atoms with van der Waals surface area (Å²) in [4.78, 5) is 2.83. The van der Waals surface area contributed by atoms with Crippen molar-refractivity contribution in [3.05, 3.63) is 22.4 Å². The van der Waals surface area contributed by atoms with Gasteiger partial charge in [0, 0.05) is 0 Å². The molecular formula is C5H2Cl2NNaO3S. The largest absolute Gasteiger partial charge is 1.00 e. The van der Waals surface area contributed by atoms with Gasteiger partial charge in [-0.05, 0) is 12.1 Å². The van der Waals surface area contributed by atoms with Gasteiger partial charge in [0.2, 0.25) is 0 Å². The number of pyridine rings is 1. The number of rotatable bonds is 1. The van der Waals surface area contributed by atoms with Crippen molar-refractivity contribution >= 4 is 33.3 Å². The zero-order valence-corrected chi connectivity index (χ0v) is 10.8. The van der Waals surface area contributed by atoms with E-state index in [1.54, 1.807) is 0 Å². The van der Waals surface area contributed by atoms with E-state index in [1.807, 2.05) is 0 Å². The molecule has 0 amide bonds. The maximum Gasteiger partial charge on any atom is 1.00 e. The van der Waals surface area contributed by atoms with Crippen LogP contribution in [0.5, 0.6) is 0 Å². The maximum absolute atomic E-state index is 10.4. The summed E-state index contributed by atoms with van der Waals surface area (Å²) in [5, 5.41) is -0.370. The van der Waals surface area contributed by atoms with Crippen LogP contribution in [0.4, 0.5) is 0 Å². The Bertz CT molecular complexity index is 408. The van der Waals surface area contributed by atoms with Gasteiger partial charge in [-0.1, -0.05) is 23.2 Å². The van der Waals surface area contributed by atoms with Crippen LogP contribution in [0, 0.1) is 0 Å². The van der Waals surface area contributed by atoms with Gasteiger partial charge in [0.1, 0.15) is 20.4 Å². The van der Waals surface area contributed by atoms with Crippen LogP contribution in [0.25, 0.3) is 0 Å². The summed E-state index contributed by atoms with van der Waals surface area (Å²) in [6, 6.07) is 2.19. The SMILES string of the molecule is O=S(=O)([O-])c1ccc(Cl)nc1Cl.[Na+]. The third-order valence-electron chi connectivity index (χ3n) is 1.05. The van der Waals surface area contributed by atoms with Crippen molar-refractivity contribution in [2.45, 2.75) is 4.90 Å². The van der Waals surface area contributed by atoms with Gasteiger partial charge in [-0.25, -0.2) is 13.4 Å². The molecule has 0 atom stereocenters. The molecule has 0 aliphatic rings. The molecule has 0 radical (unpaired) electrons. The van der Waals surface area contributed by atoms with Gasteiger partial charge in [0.05, 0.1) is 4.90 Å². The molecule has 4 nitrogen and oxygen atoms in total. The Hall–Kier alpha value is 0.640. The van der Waals surface area contributed by atoms with Crippen molar-refractivity contribution in [2.24, 2.45) is 0 Å². The number of hydrogen-bond acceptors (Lipinski definition) is 4. The van der Waals surface area contributed by atoms with Crippen molar-refractivity contribution in [1.82, 2.24) is 4.98 Å². The Balaban J connectivity index is 0.00000144. The molecule has 0 aliphatic carbocycles. The molecule has 0 aliphatic heterocycles. The Morgan fingerprint density at radius 2 is 1.85 bits per heavy atom. The molecule has 0 N–H and O–H groups in total.